The Morgan fingerprint density at radius 1 is 0.323 bits per heavy atom. The third-order valence-electron chi connectivity index (χ3n) is 12.6. The highest BCUT2D eigenvalue weighted by Gasteiger charge is 2.46. The predicted octanol–water partition coefficient (Wildman–Crippen LogP) is 15.5. The first-order valence-electron chi connectivity index (χ1n) is 21.1. The SMILES string of the molecule is c1ccc(-c2nc(-c3cccc(-c4cccc(-c5ccc6sc7ccccc7c6c5)c4)c3)cc(-c3cccc4c3-c3ccccc3C4(c3ccccc3)c3ccccc3)n2)cc1. The van der Waals surface area contributed by atoms with Crippen molar-refractivity contribution in [2.75, 3.05) is 0 Å². The van der Waals surface area contributed by atoms with Crippen molar-refractivity contribution in [1.82, 2.24) is 9.97 Å². The molecule has 9 aromatic carbocycles. The van der Waals surface area contributed by atoms with Gasteiger partial charge in [-0.1, -0.05) is 194 Å². The van der Waals surface area contributed by atoms with E-state index in [2.05, 4.69) is 224 Å². The molecule has 0 radical (unpaired) electrons. The molecule has 290 valence electrons. The van der Waals surface area contributed by atoms with E-state index in [9.17, 15) is 0 Å². The molecule has 0 saturated heterocycles. The molecular formula is C59H38N2S. The van der Waals surface area contributed by atoms with Crippen LogP contribution >= 0.6 is 11.3 Å². The smallest absolute Gasteiger partial charge is 0.160 e. The van der Waals surface area contributed by atoms with E-state index in [0.29, 0.717) is 5.82 Å². The van der Waals surface area contributed by atoms with Gasteiger partial charge in [0.25, 0.3) is 0 Å². The molecule has 0 N–H and O–H groups in total. The van der Waals surface area contributed by atoms with Crippen molar-refractivity contribution < 1.29 is 0 Å². The summed E-state index contributed by atoms with van der Waals surface area (Å²) in [6.45, 7) is 0. The van der Waals surface area contributed by atoms with Crippen LogP contribution in [0.25, 0.3) is 87.5 Å². The number of thiophene rings is 1. The van der Waals surface area contributed by atoms with Crippen LogP contribution in [-0.2, 0) is 5.41 Å². The van der Waals surface area contributed by atoms with Gasteiger partial charge in [0, 0.05) is 36.9 Å². The maximum atomic E-state index is 5.40. The van der Waals surface area contributed by atoms with Gasteiger partial charge in [-0.15, -0.1) is 11.3 Å². The summed E-state index contributed by atoms with van der Waals surface area (Å²) in [5.74, 6) is 0.697. The summed E-state index contributed by atoms with van der Waals surface area (Å²) in [7, 11) is 0. The van der Waals surface area contributed by atoms with Crippen LogP contribution in [0.2, 0.25) is 0 Å². The molecule has 0 amide bonds. The molecule has 12 rings (SSSR count). The van der Waals surface area contributed by atoms with E-state index in [1.54, 1.807) is 0 Å². The molecule has 62 heavy (non-hydrogen) atoms. The lowest BCUT2D eigenvalue weighted by atomic mass is 9.67. The zero-order chi connectivity index (χ0) is 41.0. The zero-order valence-electron chi connectivity index (χ0n) is 33.7. The molecule has 0 unspecified atom stereocenters. The van der Waals surface area contributed by atoms with Crippen molar-refractivity contribution in [2.45, 2.75) is 5.41 Å². The maximum absolute atomic E-state index is 5.40. The Balaban J connectivity index is 1.01. The third-order valence-corrected chi connectivity index (χ3v) is 13.7. The van der Waals surface area contributed by atoms with Gasteiger partial charge in [0.2, 0.25) is 0 Å². The number of hydrogen-bond acceptors (Lipinski definition) is 3. The van der Waals surface area contributed by atoms with Gasteiger partial charge < -0.3 is 0 Å². The van der Waals surface area contributed by atoms with Gasteiger partial charge in [-0.25, -0.2) is 9.97 Å². The summed E-state index contributed by atoms with van der Waals surface area (Å²) >= 11 is 1.85. The largest absolute Gasteiger partial charge is 0.228 e. The lowest BCUT2D eigenvalue weighted by molar-refractivity contribution is 0.768. The number of aromatic nitrogens is 2. The number of hydrogen-bond donors (Lipinski definition) is 0. The van der Waals surface area contributed by atoms with Gasteiger partial charge in [0.1, 0.15) is 0 Å². The summed E-state index contributed by atoms with van der Waals surface area (Å²) < 4.78 is 2.64. The lowest BCUT2D eigenvalue weighted by Crippen LogP contribution is -2.28. The fourth-order valence-electron chi connectivity index (χ4n) is 9.80. The highest BCUT2D eigenvalue weighted by atomic mass is 32.1. The first-order valence-corrected chi connectivity index (χ1v) is 22.0. The van der Waals surface area contributed by atoms with Gasteiger partial charge in [0.05, 0.1) is 16.8 Å². The lowest BCUT2D eigenvalue weighted by Gasteiger charge is -2.33. The van der Waals surface area contributed by atoms with Crippen LogP contribution in [0.5, 0.6) is 0 Å². The first kappa shape index (κ1) is 36.2. The minimum absolute atomic E-state index is 0.505. The molecule has 3 heteroatoms. The van der Waals surface area contributed by atoms with Crippen LogP contribution in [0.15, 0.2) is 231 Å². The highest BCUT2D eigenvalue weighted by Crippen LogP contribution is 2.58. The van der Waals surface area contributed by atoms with Gasteiger partial charge in [-0.3, -0.25) is 0 Å². The average Bonchev–Trinajstić information content (AvgIpc) is 3.88. The van der Waals surface area contributed by atoms with Gasteiger partial charge >= 0.3 is 0 Å². The average molecular weight is 807 g/mol. The molecule has 2 heterocycles. The summed E-state index contributed by atoms with van der Waals surface area (Å²) in [5.41, 5.74) is 16.5. The normalized spacial score (nSPS) is 12.6. The Morgan fingerprint density at radius 3 is 1.58 bits per heavy atom. The van der Waals surface area contributed by atoms with Crippen LogP contribution in [-0.4, -0.2) is 9.97 Å². The second kappa shape index (κ2) is 14.8. The van der Waals surface area contributed by atoms with Crippen LogP contribution in [0, 0.1) is 0 Å². The van der Waals surface area contributed by atoms with Gasteiger partial charge in [0.15, 0.2) is 5.82 Å². The van der Waals surface area contributed by atoms with Crippen LogP contribution in [0.1, 0.15) is 22.3 Å². The minimum atomic E-state index is -0.505. The second-order valence-corrected chi connectivity index (χ2v) is 17.1. The quantitative estimate of drug-likeness (QED) is 0.160. The van der Waals surface area contributed by atoms with E-state index >= 15 is 0 Å². The summed E-state index contributed by atoms with van der Waals surface area (Å²) in [4.78, 5) is 10.7. The second-order valence-electron chi connectivity index (χ2n) is 16.1. The monoisotopic (exact) mass is 806 g/mol. The molecule has 0 spiro atoms. The molecule has 11 aromatic rings. The Morgan fingerprint density at radius 2 is 0.839 bits per heavy atom. The third kappa shape index (κ3) is 5.85. The Kier molecular flexibility index (Phi) is 8.62. The van der Waals surface area contributed by atoms with E-state index in [1.807, 2.05) is 17.4 Å². The van der Waals surface area contributed by atoms with Crippen molar-refractivity contribution >= 4 is 31.5 Å². The fraction of sp³-hybridized carbons (Fsp3) is 0.0169. The standard InChI is InChI=1S/C59H38N2S/c1-4-17-39(18-5-1)58-60-53(44-22-15-21-42(36-44)40-19-14-20-41(35-40)43-33-34-56-50(37-43)47-27-11-13-32-55(47)62-56)38-54(61-58)49-29-16-31-52-57(49)48-28-10-12-30-51(48)59(52,45-23-6-2-7-24-45)46-25-8-3-9-26-46/h1-38H. The molecule has 2 nitrogen and oxygen atoms in total. The topological polar surface area (TPSA) is 25.8 Å². The molecule has 1 aliphatic rings. The zero-order valence-corrected chi connectivity index (χ0v) is 34.6. The highest BCUT2D eigenvalue weighted by molar-refractivity contribution is 7.25. The first-order chi connectivity index (χ1) is 30.7. The predicted molar refractivity (Wildman–Crippen MR) is 259 cm³/mol. The molecule has 0 atom stereocenters. The van der Waals surface area contributed by atoms with Crippen LogP contribution in [0.3, 0.4) is 0 Å². The molecule has 0 saturated carbocycles. The van der Waals surface area contributed by atoms with Crippen molar-refractivity contribution in [2.24, 2.45) is 0 Å². The van der Waals surface area contributed by atoms with Gasteiger partial charge in [-0.05, 0) is 92.0 Å². The molecule has 1 aliphatic carbocycles. The fourth-order valence-corrected chi connectivity index (χ4v) is 10.9. The van der Waals surface area contributed by atoms with E-state index in [0.717, 1.165) is 39.2 Å². The summed E-state index contributed by atoms with van der Waals surface area (Å²) in [6, 6.07) is 83.4. The van der Waals surface area contributed by atoms with Crippen molar-refractivity contribution in [3.63, 3.8) is 0 Å². The Bertz CT molecular complexity index is 3420. The summed E-state index contributed by atoms with van der Waals surface area (Å²) in [5, 5.41) is 2.62. The number of rotatable bonds is 7. The van der Waals surface area contributed by atoms with Crippen LogP contribution < -0.4 is 0 Å². The number of nitrogens with zero attached hydrogens (tertiary/aromatic N) is 2. The van der Waals surface area contributed by atoms with E-state index in [1.165, 1.54) is 64.7 Å². The molecule has 0 aliphatic heterocycles. The number of benzene rings is 9. The van der Waals surface area contributed by atoms with E-state index in [4.69, 9.17) is 9.97 Å². The maximum Gasteiger partial charge on any atom is 0.160 e. The molecule has 0 fully saturated rings. The van der Waals surface area contributed by atoms with Crippen LogP contribution in [0.4, 0.5) is 0 Å². The Labute approximate surface area is 365 Å². The molecule has 0 bridgehead atoms. The van der Waals surface area contributed by atoms with Gasteiger partial charge in [-0.2, -0.15) is 0 Å². The van der Waals surface area contributed by atoms with Crippen molar-refractivity contribution in [1.29, 1.82) is 0 Å². The van der Waals surface area contributed by atoms with E-state index < -0.39 is 5.41 Å². The molecular weight excluding hydrogens is 769 g/mol. The Hall–Kier alpha value is -7.72. The van der Waals surface area contributed by atoms with Crippen molar-refractivity contribution in [3.05, 3.63) is 253 Å². The van der Waals surface area contributed by atoms with Crippen molar-refractivity contribution in [3.8, 4) is 67.3 Å². The molecule has 2 aromatic heterocycles. The minimum Gasteiger partial charge on any atom is -0.228 e. The van der Waals surface area contributed by atoms with E-state index in [-0.39, 0.29) is 0 Å². The number of fused-ring (bicyclic) bond motifs is 6. The summed E-state index contributed by atoms with van der Waals surface area (Å²) in [6.07, 6.45) is 0.